The van der Waals surface area contributed by atoms with Crippen LogP contribution in [0.25, 0.3) is 31.9 Å². The van der Waals surface area contributed by atoms with Crippen molar-refractivity contribution in [1.29, 1.82) is 10.5 Å². The number of benzene rings is 2. The van der Waals surface area contributed by atoms with E-state index in [-0.39, 0.29) is 33.2 Å². The first-order chi connectivity index (χ1) is 29.7. The average Bonchev–Trinajstić information content (AvgIpc) is 3.29. The molecule has 0 aliphatic rings. The third-order valence-electron chi connectivity index (χ3n) is 8.17. The number of alkyl halides is 1. The van der Waals surface area contributed by atoms with Crippen LogP contribution in [0.3, 0.4) is 0 Å². The Morgan fingerprint density at radius 2 is 1.25 bits per heavy atom. The Hall–Kier alpha value is -7.02. The number of nitrogens with one attached hydrogen (secondary N) is 1. The van der Waals surface area contributed by atoms with Crippen LogP contribution in [-0.2, 0) is 21.1 Å². The normalized spacial score (nSPS) is 9.95. The fourth-order valence-electron chi connectivity index (χ4n) is 5.31. The maximum absolute atomic E-state index is 9.87. The van der Waals surface area contributed by atoms with Crippen LogP contribution in [0, 0.1) is 40.4 Å². The first-order valence-electron chi connectivity index (χ1n) is 18.1. The highest BCUT2D eigenvalue weighted by Gasteiger charge is 2.21. The summed E-state index contributed by atoms with van der Waals surface area (Å²) in [7, 11) is 3.21. The van der Waals surface area contributed by atoms with Crippen molar-refractivity contribution in [2.75, 3.05) is 52.1 Å². The van der Waals surface area contributed by atoms with Gasteiger partial charge in [-0.3, -0.25) is 9.97 Å². The monoisotopic (exact) mass is 870 g/mol. The maximum Gasteiger partial charge on any atom is 0.236 e. The van der Waals surface area contributed by atoms with E-state index in [9.17, 15) is 10.5 Å². The van der Waals surface area contributed by atoms with Crippen molar-refractivity contribution in [3.8, 4) is 45.9 Å². The molecule has 6 aromatic rings. The number of aromatic nitrogens is 4. The third-order valence-corrected chi connectivity index (χ3v) is 9.76. The molecule has 0 saturated carbocycles. The SMILES string of the molecule is ClCc1ccccn1.[C-]#[N+]c1c(N)[nH]c(=S)c(C#N)c1-c1ccc(OCCOC)cc1.[C-]#[N+]c1c(N)nc(SCc2ccccn2)c(C#N)c1-c1ccc(OCCOC)cc1. The summed E-state index contributed by atoms with van der Waals surface area (Å²) in [6.07, 6.45) is 3.45. The quantitative estimate of drug-likeness (QED) is 0.0307. The molecule has 0 amide bonds. The molecule has 6 rings (SSSR count). The van der Waals surface area contributed by atoms with Gasteiger partial charge in [0.2, 0.25) is 11.4 Å². The predicted molar refractivity (Wildman–Crippen MR) is 240 cm³/mol. The first-order valence-corrected chi connectivity index (χ1v) is 20.0. The number of aromatic amines is 1. The number of pyridine rings is 4. The summed E-state index contributed by atoms with van der Waals surface area (Å²) in [4.78, 5) is 22.2. The summed E-state index contributed by atoms with van der Waals surface area (Å²) in [6.45, 7) is 16.7. The number of hydrogen-bond donors (Lipinski definition) is 3. The minimum atomic E-state index is 0.0999. The fraction of sp³-hybridized carbons (Fsp3) is 0.182. The Kier molecular flexibility index (Phi) is 19.0. The van der Waals surface area contributed by atoms with Gasteiger partial charge in [0.05, 0.1) is 54.8 Å². The smallest absolute Gasteiger partial charge is 0.236 e. The minimum absolute atomic E-state index is 0.0999. The molecule has 2 aromatic carbocycles. The van der Waals surface area contributed by atoms with E-state index in [1.807, 2.05) is 42.5 Å². The summed E-state index contributed by atoms with van der Waals surface area (Å²) in [5, 5.41) is 19.7. The Labute approximate surface area is 368 Å². The van der Waals surface area contributed by atoms with Crippen molar-refractivity contribution in [2.45, 2.75) is 16.7 Å². The lowest BCUT2D eigenvalue weighted by Gasteiger charge is -2.14. The fourth-order valence-corrected chi connectivity index (χ4v) is 6.64. The number of nitriles is 2. The van der Waals surface area contributed by atoms with Gasteiger partial charge in [-0.15, -0.1) is 11.6 Å². The lowest BCUT2D eigenvalue weighted by Crippen LogP contribution is -2.04. The number of H-pyrrole nitrogens is 1. The largest absolute Gasteiger partial charge is 0.491 e. The topological polar surface area (TPSA) is 200 Å². The highest BCUT2D eigenvalue weighted by atomic mass is 35.5. The van der Waals surface area contributed by atoms with Gasteiger partial charge in [0, 0.05) is 43.5 Å². The Balaban J connectivity index is 0.000000232. The van der Waals surface area contributed by atoms with E-state index in [0.717, 1.165) is 11.4 Å². The summed E-state index contributed by atoms with van der Waals surface area (Å²) in [5.74, 6) is 2.63. The minimum Gasteiger partial charge on any atom is -0.491 e. The molecule has 0 saturated heterocycles. The molecule has 0 atom stereocenters. The van der Waals surface area contributed by atoms with E-state index in [1.54, 1.807) is 75.1 Å². The van der Waals surface area contributed by atoms with Crippen LogP contribution in [0.15, 0.2) is 102 Å². The zero-order valence-corrected chi connectivity index (χ0v) is 35.5. The number of nitrogens with two attached hydrogens (primary N) is 2. The molecule has 61 heavy (non-hydrogen) atoms. The van der Waals surface area contributed by atoms with E-state index in [4.69, 9.17) is 67.4 Å². The number of ether oxygens (including phenoxy) is 4. The van der Waals surface area contributed by atoms with E-state index in [2.05, 4.69) is 35.7 Å². The average molecular weight is 871 g/mol. The summed E-state index contributed by atoms with van der Waals surface area (Å²) in [5.41, 5.74) is 16.9. The van der Waals surface area contributed by atoms with Gasteiger partial charge in [0.1, 0.15) is 58.2 Å². The third kappa shape index (κ3) is 13.2. The highest BCUT2D eigenvalue weighted by molar-refractivity contribution is 7.98. The van der Waals surface area contributed by atoms with Gasteiger partial charge < -0.3 is 35.4 Å². The summed E-state index contributed by atoms with van der Waals surface area (Å²) >= 11 is 12.0. The summed E-state index contributed by atoms with van der Waals surface area (Å²) in [6, 6.07) is 29.8. The van der Waals surface area contributed by atoms with Crippen LogP contribution in [-0.4, -0.2) is 60.6 Å². The molecule has 5 N–H and O–H groups in total. The van der Waals surface area contributed by atoms with E-state index >= 15 is 0 Å². The van der Waals surface area contributed by atoms with Gasteiger partial charge in [0.15, 0.2) is 0 Å². The molecule has 0 radical (unpaired) electrons. The van der Waals surface area contributed by atoms with Crippen LogP contribution in [0.2, 0.25) is 0 Å². The molecule has 4 aromatic heterocycles. The molecule has 0 bridgehead atoms. The van der Waals surface area contributed by atoms with E-state index < -0.39 is 0 Å². The number of methoxy groups -OCH3 is 2. The lowest BCUT2D eigenvalue weighted by atomic mass is 10.00. The predicted octanol–water partition coefficient (Wildman–Crippen LogP) is 9.73. The Bertz CT molecular complexity index is 2590. The van der Waals surface area contributed by atoms with Gasteiger partial charge >= 0.3 is 0 Å². The van der Waals surface area contributed by atoms with Crippen molar-refractivity contribution in [3.05, 3.63) is 147 Å². The number of nitrogens with zero attached hydrogens (tertiary/aromatic N) is 7. The second kappa shape index (κ2) is 24.8. The van der Waals surface area contributed by atoms with Crippen LogP contribution in [0.1, 0.15) is 22.5 Å². The van der Waals surface area contributed by atoms with Crippen molar-refractivity contribution >= 4 is 58.6 Å². The van der Waals surface area contributed by atoms with Gasteiger partial charge in [-0.25, -0.2) is 14.7 Å². The number of hydrogen-bond acceptors (Lipinski definition) is 13. The van der Waals surface area contributed by atoms with E-state index in [1.165, 1.54) is 11.8 Å². The second-order valence-electron chi connectivity index (χ2n) is 12.1. The Morgan fingerprint density at radius 1 is 0.738 bits per heavy atom. The number of rotatable bonds is 14. The van der Waals surface area contributed by atoms with Crippen molar-refractivity contribution in [1.82, 2.24) is 19.9 Å². The molecule has 14 nitrogen and oxygen atoms in total. The molecule has 0 unspecified atom stereocenters. The van der Waals surface area contributed by atoms with Crippen LogP contribution < -0.4 is 20.9 Å². The van der Waals surface area contributed by atoms with Gasteiger partial charge in [0.25, 0.3) is 0 Å². The molecule has 308 valence electrons. The van der Waals surface area contributed by atoms with Crippen molar-refractivity contribution < 1.29 is 18.9 Å². The van der Waals surface area contributed by atoms with Crippen molar-refractivity contribution in [3.63, 3.8) is 0 Å². The lowest BCUT2D eigenvalue weighted by molar-refractivity contribution is 0.146. The molecule has 0 fully saturated rings. The first kappa shape index (κ1) is 46.7. The van der Waals surface area contributed by atoms with Crippen LogP contribution >= 0.6 is 35.6 Å². The zero-order chi connectivity index (χ0) is 44.0. The highest BCUT2D eigenvalue weighted by Crippen LogP contribution is 2.42. The van der Waals surface area contributed by atoms with Gasteiger partial charge in [-0.2, -0.15) is 10.5 Å². The zero-order valence-electron chi connectivity index (χ0n) is 33.1. The molecule has 0 spiro atoms. The Morgan fingerprint density at radius 3 is 1.67 bits per heavy atom. The number of thioether (sulfide) groups is 1. The van der Waals surface area contributed by atoms with Crippen LogP contribution in [0.5, 0.6) is 11.5 Å². The molecule has 17 heteroatoms. The maximum atomic E-state index is 9.87. The standard InChI is InChI=1S/C22H19N5O2S.C16H14N4O2S.C6H6ClN/c1-25-20-19(15-6-8-17(9-7-15)29-12-11-28-2)18(13-23)22(27-21(20)24)30-14-16-5-3-4-10-26-16;1-19-14-13(12(9-17)16(23)20-15(14)18)10-3-5-11(6-4-10)22-8-7-21-2;7-5-6-3-1-2-4-8-6/h3-10H,11-12,14H2,2H3,(H2,24,27);3-6H,7-8H2,2H3,(H3,18,20,23);1-4H,5H2. The van der Waals surface area contributed by atoms with E-state index in [0.29, 0.717) is 82.4 Å². The van der Waals surface area contributed by atoms with Gasteiger partial charge in [-0.05, 0) is 59.7 Å². The molecule has 0 aliphatic carbocycles. The second-order valence-corrected chi connectivity index (χ2v) is 13.7. The number of halogens is 1. The number of anilines is 2. The van der Waals surface area contributed by atoms with Gasteiger partial charge in [-0.1, -0.05) is 60.4 Å². The molecule has 4 heterocycles. The molecular weight excluding hydrogens is 832 g/mol. The molecular formula is C44H39ClN10O4S2. The molecule has 0 aliphatic heterocycles. The van der Waals surface area contributed by atoms with Crippen LogP contribution in [0.4, 0.5) is 23.0 Å². The number of nitrogen functional groups attached to an aromatic ring is 2. The summed E-state index contributed by atoms with van der Waals surface area (Å²) < 4.78 is 21.2. The van der Waals surface area contributed by atoms with Crippen molar-refractivity contribution in [2.24, 2.45) is 0 Å².